The minimum atomic E-state index is -4.74. The summed E-state index contributed by atoms with van der Waals surface area (Å²) in [5.41, 5.74) is 2.26. The fourth-order valence-corrected chi connectivity index (χ4v) is 3.09. The van der Waals surface area contributed by atoms with Crippen molar-refractivity contribution in [3.8, 4) is 27.6 Å². The van der Waals surface area contributed by atoms with Crippen LogP contribution in [-0.4, -0.2) is 24.4 Å². The number of ether oxygens (including phenoxy) is 2. The monoisotopic (exact) mass is 379 g/mol. The molecular formula is C18H12F3NO3S. The maximum absolute atomic E-state index is 12.3. The van der Waals surface area contributed by atoms with Crippen LogP contribution in [0.2, 0.25) is 0 Å². The molecule has 0 aliphatic heterocycles. The van der Waals surface area contributed by atoms with Gasteiger partial charge in [-0.3, -0.25) is 0 Å². The van der Waals surface area contributed by atoms with Gasteiger partial charge in [0.1, 0.15) is 10.8 Å². The molecule has 2 aromatic carbocycles. The summed E-state index contributed by atoms with van der Waals surface area (Å²) in [5.74, 6) is -0.732. The molecule has 3 rings (SSSR count). The molecule has 0 unspecified atom stereocenters. The van der Waals surface area contributed by atoms with Crippen LogP contribution in [0.3, 0.4) is 0 Å². The number of methoxy groups -OCH3 is 1. The topological polar surface area (TPSA) is 48.4 Å². The molecule has 0 fully saturated rings. The summed E-state index contributed by atoms with van der Waals surface area (Å²) in [7, 11) is 1.31. The number of benzene rings is 2. The molecule has 0 N–H and O–H groups in total. The zero-order chi connectivity index (χ0) is 18.7. The number of carbonyl (C=O) groups is 1. The van der Waals surface area contributed by atoms with Gasteiger partial charge in [0.05, 0.1) is 18.4 Å². The summed E-state index contributed by atoms with van der Waals surface area (Å²) in [4.78, 5) is 15.9. The Kier molecular flexibility index (Phi) is 4.94. The van der Waals surface area contributed by atoms with Crippen molar-refractivity contribution < 1.29 is 27.4 Å². The first kappa shape index (κ1) is 17.9. The van der Waals surface area contributed by atoms with Gasteiger partial charge in [-0.25, -0.2) is 9.78 Å². The molecule has 0 atom stereocenters. The van der Waals surface area contributed by atoms with Gasteiger partial charge in [0.2, 0.25) is 0 Å². The van der Waals surface area contributed by atoms with Crippen LogP contribution in [0.25, 0.3) is 21.8 Å². The summed E-state index contributed by atoms with van der Waals surface area (Å²) >= 11 is 1.35. The van der Waals surface area contributed by atoms with Crippen LogP contribution in [0.15, 0.2) is 53.9 Å². The van der Waals surface area contributed by atoms with Crippen molar-refractivity contribution >= 4 is 17.3 Å². The first-order valence-electron chi connectivity index (χ1n) is 7.36. The van der Waals surface area contributed by atoms with Crippen molar-refractivity contribution in [3.63, 3.8) is 0 Å². The lowest BCUT2D eigenvalue weighted by Gasteiger charge is -2.09. The third-order valence-electron chi connectivity index (χ3n) is 3.42. The molecule has 0 saturated carbocycles. The molecule has 26 heavy (non-hydrogen) atoms. The van der Waals surface area contributed by atoms with Gasteiger partial charge in [-0.2, -0.15) is 0 Å². The number of nitrogens with zero attached hydrogens (tertiary/aromatic N) is 1. The molecule has 0 aliphatic rings. The third kappa shape index (κ3) is 4.20. The number of halogens is 3. The molecule has 3 aromatic rings. The molecule has 1 aromatic heterocycles. The van der Waals surface area contributed by atoms with E-state index in [9.17, 15) is 18.0 Å². The van der Waals surface area contributed by atoms with Gasteiger partial charge >= 0.3 is 12.3 Å². The van der Waals surface area contributed by atoms with E-state index in [2.05, 4.69) is 14.5 Å². The van der Waals surface area contributed by atoms with Crippen LogP contribution < -0.4 is 4.74 Å². The van der Waals surface area contributed by atoms with Gasteiger partial charge in [0.25, 0.3) is 0 Å². The Morgan fingerprint density at radius 3 is 2.46 bits per heavy atom. The van der Waals surface area contributed by atoms with Gasteiger partial charge in [0.15, 0.2) is 0 Å². The van der Waals surface area contributed by atoms with E-state index in [1.54, 1.807) is 35.7 Å². The zero-order valence-electron chi connectivity index (χ0n) is 13.4. The summed E-state index contributed by atoms with van der Waals surface area (Å²) in [6.07, 6.45) is -4.74. The number of hydrogen-bond acceptors (Lipinski definition) is 5. The Labute approximate surface area is 150 Å². The van der Waals surface area contributed by atoms with Crippen LogP contribution in [0, 0.1) is 0 Å². The van der Waals surface area contributed by atoms with E-state index in [-0.39, 0.29) is 5.75 Å². The lowest BCUT2D eigenvalue weighted by Crippen LogP contribution is -2.17. The summed E-state index contributed by atoms with van der Waals surface area (Å²) in [5, 5.41) is 2.43. The van der Waals surface area contributed by atoms with E-state index < -0.39 is 12.3 Å². The quantitative estimate of drug-likeness (QED) is 0.588. The van der Waals surface area contributed by atoms with Crippen LogP contribution in [-0.2, 0) is 4.74 Å². The maximum atomic E-state index is 12.3. The van der Waals surface area contributed by atoms with Crippen LogP contribution in [0.4, 0.5) is 13.2 Å². The van der Waals surface area contributed by atoms with Gasteiger partial charge < -0.3 is 9.47 Å². The van der Waals surface area contributed by atoms with E-state index in [1.165, 1.54) is 36.6 Å². The Bertz CT molecular complexity index is 920. The van der Waals surface area contributed by atoms with Gasteiger partial charge in [-0.1, -0.05) is 24.3 Å². The Balaban J connectivity index is 1.84. The maximum Gasteiger partial charge on any atom is 0.573 e. The summed E-state index contributed by atoms with van der Waals surface area (Å²) < 4.78 is 45.6. The highest BCUT2D eigenvalue weighted by molar-refractivity contribution is 7.13. The van der Waals surface area contributed by atoms with Gasteiger partial charge in [-0.05, 0) is 24.3 Å². The highest BCUT2D eigenvalue weighted by Crippen LogP contribution is 2.32. The van der Waals surface area contributed by atoms with Crippen molar-refractivity contribution in [1.29, 1.82) is 0 Å². The highest BCUT2D eigenvalue weighted by Gasteiger charge is 2.31. The third-order valence-corrected chi connectivity index (χ3v) is 4.31. The highest BCUT2D eigenvalue weighted by atomic mass is 32.1. The first-order chi connectivity index (χ1) is 12.4. The zero-order valence-corrected chi connectivity index (χ0v) is 14.2. The average molecular weight is 379 g/mol. The van der Waals surface area contributed by atoms with Crippen molar-refractivity contribution in [2.24, 2.45) is 0 Å². The van der Waals surface area contributed by atoms with Crippen molar-refractivity contribution in [2.45, 2.75) is 6.36 Å². The molecule has 0 radical (unpaired) electrons. The second kappa shape index (κ2) is 7.17. The number of rotatable bonds is 4. The molecule has 0 aliphatic carbocycles. The molecule has 0 saturated heterocycles. The Hall–Kier alpha value is -2.87. The van der Waals surface area contributed by atoms with Crippen molar-refractivity contribution in [1.82, 2.24) is 4.98 Å². The number of esters is 1. The number of thiazole rings is 1. The molecule has 134 valence electrons. The molecular weight excluding hydrogens is 367 g/mol. The molecule has 0 bridgehead atoms. The predicted octanol–water partition coefficient (Wildman–Crippen LogP) is 5.16. The smallest absolute Gasteiger partial charge is 0.465 e. The number of hydrogen-bond donors (Lipinski definition) is 0. The van der Waals surface area contributed by atoms with Crippen LogP contribution in [0.1, 0.15) is 10.4 Å². The molecule has 0 spiro atoms. The molecule has 0 amide bonds. The van der Waals surface area contributed by atoms with E-state index in [0.29, 0.717) is 21.8 Å². The average Bonchev–Trinajstić information content (AvgIpc) is 3.10. The molecule has 4 nitrogen and oxygen atoms in total. The minimum absolute atomic E-state index is 0.299. The van der Waals surface area contributed by atoms with Gasteiger partial charge in [-0.15, -0.1) is 24.5 Å². The fourth-order valence-electron chi connectivity index (χ4n) is 2.26. The SMILES string of the molecule is COC(=O)c1ccc(-c2nc(-c3cccc(OC(F)(F)F)c3)cs2)cc1. The second-order valence-electron chi connectivity index (χ2n) is 5.18. The number of alkyl halides is 3. The van der Waals surface area contributed by atoms with E-state index in [0.717, 1.165) is 5.56 Å². The van der Waals surface area contributed by atoms with Crippen LogP contribution in [0.5, 0.6) is 5.75 Å². The van der Waals surface area contributed by atoms with Gasteiger partial charge in [0, 0.05) is 16.5 Å². The largest absolute Gasteiger partial charge is 0.573 e. The summed E-state index contributed by atoms with van der Waals surface area (Å²) in [6.45, 7) is 0. The minimum Gasteiger partial charge on any atom is -0.465 e. The second-order valence-corrected chi connectivity index (χ2v) is 6.04. The number of carbonyl (C=O) groups excluding carboxylic acids is 1. The standard InChI is InChI=1S/C18H12F3NO3S/c1-24-17(23)12-7-5-11(6-8-12)16-22-15(10-26-16)13-3-2-4-14(9-13)25-18(19,20)21/h2-10H,1H3. The van der Waals surface area contributed by atoms with Crippen molar-refractivity contribution in [2.75, 3.05) is 7.11 Å². The Morgan fingerprint density at radius 2 is 1.81 bits per heavy atom. The van der Waals surface area contributed by atoms with E-state index in [1.807, 2.05) is 0 Å². The fraction of sp³-hybridized carbons (Fsp3) is 0.111. The first-order valence-corrected chi connectivity index (χ1v) is 8.24. The lowest BCUT2D eigenvalue weighted by atomic mass is 10.1. The lowest BCUT2D eigenvalue weighted by molar-refractivity contribution is -0.274. The summed E-state index contributed by atoms with van der Waals surface area (Å²) in [6, 6.07) is 12.4. The van der Waals surface area contributed by atoms with Crippen molar-refractivity contribution in [3.05, 3.63) is 59.5 Å². The van der Waals surface area contributed by atoms with Crippen LogP contribution >= 0.6 is 11.3 Å². The Morgan fingerprint density at radius 1 is 1.08 bits per heavy atom. The molecule has 8 heteroatoms. The van der Waals surface area contributed by atoms with E-state index >= 15 is 0 Å². The van der Waals surface area contributed by atoms with E-state index in [4.69, 9.17) is 0 Å². The number of aromatic nitrogens is 1. The normalized spacial score (nSPS) is 11.2. The predicted molar refractivity (Wildman–Crippen MR) is 91.0 cm³/mol. The molecule has 1 heterocycles.